The summed E-state index contributed by atoms with van der Waals surface area (Å²) in [5, 5.41) is 6.73. The van der Waals surface area contributed by atoms with E-state index in [1.165, 1.54) is 0 Å². The molecule has 31 heavy (non-hydrogen) atoms. The molecule has 1 atom stereocenters. The molecule has 0 radical (unpaired) electrons. The van der Waals surface area contributed by atoms with Crippen molar-refractivity contribution in [3.05, 3.63) is 66.4 Å². The van der Waals surface area contributed by atoms with E-state index in [-0.39, 0.29) is 11.8 Å². The Bertz CT molecular complexity index is 1060. The fraction of sp³-hybridized carbons (Fsp3) is 0.292. The number of ether oxygens (including phenoxy) is 2. The lowest BCUT2D eigenvalue weighted by molar-refractivity contribution is -0.124. The van der Waals surface area contributed by atoms with Crippen molar-refractivity contribution in [2.45, 2.75) is 25.4 Å². The zero-order valence-corrected chi connectivity index (χ0v) is 17.2. The molecule has 0 spiro atoms. The Morgan fingerprint density at radius 1 is 1.13 bits per heavy atom. The third-order valence-corrected chi connectivity index (χ3v) is 5.07. The number of hydrogen-bond donors (Lipinski definition) is 2. The molecule has 160 valence electrons. The summed E-state index contributed by atoms with van der Waals surface area (Å²) in [4.78, 5) is 29.0. The molecule has 0 saturated carbocycles. The zero-order chi connectivity index (χ0) is 21.5. The summed E-state index contributed by atoms with van der Waals surface area (Å²) < 4.78 is 11.2. The van der Waals surface area contributed by atoms with Gasteiger partial charge >= 0.3 is 0 Å². The van der Waals surface area contributed by atoms with Crippen LogP contribution in [0.25, 0.3) is 10.9 Å². The van der Waals surface area contributed by atoms with E-state index in [9.17, 15) is 9.59 Å². The van der Waals surface area contributed by atoms with Crippen LogP contribution in [0.4, 0.5) is 5.69 Å². The monoisotopic (exact) mass is 419 g/mol. The lowest BCUT2D eigenvalue weighted by Gasteiger charge is -2.12. The molecule has 1 aliphatic rings. The van der Waals surface area contributed by atoms with Crippen LogP contribution in [0, 0.1) is 0 Å². The van der Waals surface area contributed by atoms with Crippen LogP contribution in [0.15, 0.2) is 60.8 Å². The van der Waals surface area contributed by atoms with Crippen molar-refractivity contribution < 1.29 is 19.1 Å². The molecule has 1 aromatic heterocycles. The van der Waals surface area contributed by atoms with Crippen molar-refractivity contribution >= 4 is 28.4 Å². The highest BCUT2D eigenvalue weighted by Crippen LogP contribution is 2.23. The Morgan fingerprint density at radius 2 is 2.00 bits per heavy atom. The number of benzene rings is 2. The molecule has 0 bridgehead atoms. The highest BCUT2D eigenvalue weighted by atomic mass is 16.5. The van der Waals surface area contributed by atoms with Gasteiger partial charge in [0.1, 0.15) is 17.4 Å². The summed E-state index contributed by atoms with van der Waals surface area (Å²) in [5.41, 5.74) is 1.90. The third-order valence-electron chi connectivity index (χ3n) is 5.07. The van der Waals surface area contributed by atoms with Crippen LogP contribution < -0.4 is 15.4 Å². The number of amides is 2. The highest BCUT2D eigenvalue weighted by Gasteiger charge is 2.23. The van der Waals surface area contributed by atoms with Gasteiger partial charge in [-0.15, -0.1) is 0 Å². The maximum Gasteiger partial charge on any atom is 0.253 e. The van der Waals surface area contributed by atoms with Crippen LogP contribution in [0.3, 0.4) is 0 Å². The normalized spacial score (nSPS) is 15.5. The number of nitrogens with zero attached hydrogens (tertiary/aromatic N) is 1. The molecule has 2 amide bonds. The van der Waals surface area contributed by atoms with Gasteiger partial charge in [0.15, 0.2) is 0 Å². The van der Waals surface area contributed by atoms with Gasteiger partial charge in [-0.2, -0.15) is 0 Å². The van der Waals surface area contributed by atoms with Crippen LogP contribution in [-0.4, -0.2) is 42.7 Å². The number of hydrogen-bond acceptors (Lipinski definition) is 5. The maximum atomic E-state index is 12.4. The number of aromatic nitrogens is 1. The van der Waals surface area contributed by atoms with Crippen LogP contribution in [0.2, 0.25) is 0 Å². The minimum atomic E-state index is -0.408. The smallest absolute Gasteiger partial charge is 0.253 e. The minimum absolute atomic E-state index is 0.171. The molecule has 1 unspecified atom stereocenters. The Kier molecular flexibility index (Phi) is 6.74. The fourth-order valence-electron chi connectivity index (χ4n) is 3.50. The third kappa shape index (κ3) is 5.38. The molecule has 1 saturated heterocycles. The van der Waals surface area contributed by atoms with E-state index < -0.39 is 6.10 Å². The Morgan fingerprint density at radius 3 is 2.87 bits per heavy atom. The van der Waals surface area contributed by atoms with Crippen LogP contribution in [0.1, 0.15) is 29.6 Å². The van der Waals surface area contributed by atoms with Crippen molar-refractivity contribution in [2.75, 3.05) is 25.1 Å². The molecule has 1 aliphatic heterocycles. The van der Waals surface area contributed by atoms with Gasteiger partial charge < -0.3 is 20.1 Å². The number of carbonyl (C=O) groups is 2. The Hall–Kier alpha value is -3.45. The summed E-state index contributed by atoms with van der Waals surface area (Å²) in [5.74, 6) is 0.370. The van der Waals surface area contributed by atoms with Crippen LogP contribution in [0.5, 0.6) is 5.75 Å². The average molecular weight is 419 g/mol. The summed E-state index contributed by atoms with van der Waals surface area (Å²) >= 11 is 0. The van der Waals surface area contributed by atoms with Gasteiger partial charge in [0.05, 0.1) is 6.61 Å². The predicted molar refractivity (Wildman–Crippen MR) is 118 cm³/mol. The first kappa shape index (κ1) is 20.8. The largest absolute Gasteiger partial charge is 0.491 e. The summed E-state index contributed by atoms with van der Waals surface area (Å²) in [6.45, 7) is 1.55. The molecule has 2 heterocycles. The molecule has 7 heteroatoms. The predicted octanol–water partition coefficient (Wildman–Crippen LogP) is 3.55. The first-order valence-electron chi connectivity index (χ1n) is 10.5. The molecular formula is C24H25N3O4. The minimum Gasteiger partial charge on any atom is -0.491 e. The molecule has 0 aliphatic carbocycles. The van der Waals surface area contributed by atoms with Gasteiger partial charge in [-0.25, -0.2) is 0 Å². The van der Waals surface area contributed by atoms with Gasteiger partial charge in [-0.1, -0.05) is 24.3 Å². The van der Waals surface area contributed by atoms with Gasteiger partial charge in [0, 0.05) is 36.0 Å². The lowest BCUT2D eigenvalue weighted by Crippen LogP contribution is -2.27. The average Bonchev–Trinajstić information content (AvgIpc) is 3.34. The number of nitrogens with one attached hydrogen (secondary N) is 2. The van der Waals surface area contributed by atoms with Crippen molar-refractivity contribution in [1.29, 1.82) is 0 Å². The number of rotatable bonds is 8. The number of para-hydroxylation sites is 1. The van der Waals surface area contributed by atoms with E-state index in [4.69, 9.17) is 9.47 Å². The molecule has 7 nitrogen and oxygen atoms in total. The van der Waals surface area contributed by atoms with E-state index in [2.05, 4.69) is 15.6 Å². The van der Waals surface area contributed by atoms with Gasteiger partial charge in [-0.05, 0) is 49.6 Å². The molecular weight excluding hydrogens is 394 g/mol. The molecule has 1 fully saturated rings. The highest BCUT2D eigenvalue weighted by molar-refractivity contribution is 5.98. The zero-order valence-electron chi connectivity index (χ0n) is 17.2. The van der Waals surface area contributed by atoms with Crippen molar-refractivity contribution in [2.24, 2.45) is 0 Å². The van der Waals surface area contributed by atoms with Crippen molar-refractivity contribution in [3.63, 3.8) is 0 Å². The standard InChI is InChI=1S/C24H25N3O4/c28-23(18-7-1-9-19(16-18)27-24(29)21-11-4-14-31-21)26-13-5-15-30-20-10-2-6-17-8-3-12-25-22(17)20/h1-3,6-10,12,16,21H,4-5,11,13-15H2,(H,26,28)(H,27,29). The lowest BCUT2D eigenvalue weighted by atomic mass is 10.1. The topological polar surface area (TPSA) is 89.5 Å². The maximum absolute atomic E-state index is 12.4. The quantitative estimate of drug-likeness (QED) is 0.545. The Balaban J connectivity index is 1.24. The van der Waals surface area contributed by atoms with Gasteiger partial charge in [-0.3, -0.25) is 14.6 Å². The van der Waals surface area contributed by atoms with Crippen LogP contribution in [-0.2, 0) is 9.53 Å². The van der Waals surface area contributed by atoms with Gasteiger partial charge in [0.2, 0.25) is 0 Å². The number of carbonyl (C=O) groups excluding carboxylic acids is 2. The second-order valence-corrected chi connectivity index (χ2v) is 7.36. The molecule has 3 aromatic rings. The fourth-order valence-corrected chi connectivity index (χ4v) is 3.50. The van der Waals surface area contributed by atoms with Crippen LogP contribution >= 0.6 is 0 Å². The summed E-state index contributed by atoms with van der Waals surface area (Å²) in [7, 11) is 0. The molecule has 2 N–H and O–H groups in total. The summed E-state index contributed by atoms with van der Waals surface area (Å²) in [6, 6.07) is 16.6. The van der Waals surface area contributed by atoms with Crippen molar-refractivity contribution in [3.8, 4) is 5.75 Å². The van der Waals surface area contributed by atoms with E-state index >= 15 is 0 Å². The first-order valence-corrected chi connectivity index (χ1v) is 10.5. The van der Waals surface area contributed by atoms with Gasteiger partial charge in [0.25, 0.3) is 11.8 Å². The first-order chi connectivity index (χ1) is 15.2. The molecule has 4 rings (SSSR count). The second-order valence-electron chi connectivity index (χ2n) is 7.36. The number of pyridine rings is 1. The van der Waals surface area contributed by atoms with Crippen molar-refractivity contribution in [1.82, 2.24) is 10.3 Å². The number of fused-ring (bicyclic) bond motifs is 1. The van der Waals surface area contributed by atoms with E-state index in [0.717, 1.165) is 29.5 Å². The SMILES string of the molecule is O=C(NCCCOc1cccc2cccnc12)c1cccc(NC(=O)C2CCCO2)c1. The van der Waals surface area contributed by atoms with E-state index in [1.54, 1.807) is 30.5 Å². The summed E-state index contributed by atoms with van der Waals surface area (Å²) in [6.07, 6.45) is 3.61. The second kappa shape index (κ2) is 10.0. The van der Waals surface area contributed by atoms with E-state index in [0.29, 0.717) is 37.4 Å². The number of anilines is 1. The van der Waals surface area contributed by atoms with E-state index in [1.807, 2.05) is 30.3 Å². The Labute approximate surface area is 180 Å². The molecule has 2 aromatic carbocycles.